The number of hydrogen-bond acceptors (Lipinski definition) is 1. The average Bonchev–Trinajstić information content (AvgIpc) is 3.00. The Morgan fingerprint density at radius 1 is 1.30 bits per heavy atom. The molecule has 23 heavy (non-hydrogen) atoms. The molecule has 120 valence electrons. The van der Waals surface area contributed by atoms with E-state index in [0.29, 0.717) is 6.04 Å². The lowest BCUT2D eigenvalue weighted by atomic mass is 9.73. The molecular weight excluding hydrogens is 284 g/mol. The van der Waals surface area contributed by atoms with E-state index in [4.69, 9.17) is 4.74 Å². The van der Waals surface area contributed by atoms with Crippen LogP contribution in [0.4, 0.5) is 0 Å². The zero-order chi connectivity index (χ0) is 15.6. The van der Waals surface area contributed by atoms with Gasteiger partial charge in [0.05, 0.1) is 25.9 Å². The first-order chi connectivity index (χ1) is 11.3. The molecule has 2 bridgehead atoms. The van der Waals surface area contributed by atoms with Crippen LogP contribution >= 0.6 is 0 Å². The topological polar surface area (TPSA) is 25.0 Å². The fourth-order valence-electron chi connectivity index (χ4n) is 5.61. The van der Waals surface area contributed by atoms with Crippen LogP contribution in [0.2, 0.25) is 0 Å². The number of fused-ring (bicyclic) bond motifs is 5. The monoisotopic (exact) mass is 309 g/mol. The van der Waals surface area contributed by atoms with E-state index >= 15 is 0 Å². The first-order valence-corrected chi connectivity index (χ1v) is 8.94. The van der Waals surface area contributed by atoms with Gasteiger partial charge >= 0.3 is 0 Å². The molecule has 4 aliphatic rings. The van der Waals surface area contributed by atoms with Crippen LogP contribution in [0, 0.1) is 5.92 Å². The summed E-state index contributed by atoms with van der Waals surface area (Å²) in [6.45, 7) is 6.15. The van der Waals surface area contributed by atoms with Gasteiger partial charge < -0.3 is 14.2 Å². The van der Waals surface area contributed by atoms with Crippen molar-refractivity contribution in [3.8, 4) is 5.75 Å². The molecule has 1 aromatic carbocycles. The van der Waals surface area contributed by atoms with Crippen LogP contribution in [-0.4, -0.2) is 36.2 Å². The lowest BCUT2D eigenvalue weighted by molar-refractivity contribution is -0.967. The summed E-state index contributed by atoms with van der Waals surface area (Å²) in [5.74, 6) is 1.84. The number of benzene rings is 1. The molecule has 6 rings (SSSR count). The smallest absolute Gasteiger partial charge is 0.131 e. The largest absolute Gasteiger partial charge is 0.496 e. The number of quaternary nitrogens is 1. The van der Waals surface area contributed by atoms with E-state index in [1.165, 1.54) is 65.5 Å². The molecule has 1 spiro atoms. The van der Waals surface area contributed by atoms with Crippen molar-refractivity contribution in [1.82, 2.24) is 4.98 Å². The molecule has 3 unspecified atom stereocenters. The van der Waals surface area contributed by atoms with Gasteiger partial charge in [-0.3, -0.25) is 0 Å². The van der Waals surface area contributed by atoms with Gasteiger partial charge in [0.1, 0.15) is 18.3 Å². The van der Waals surface area contributed by atoms with Crippen LogP contribution in [0.15, 0.2) is 29.8 Å². The Bertz CT molecular complexity index is 818. The second-order valence-corrected chi connectivity index (χ2v) is 7.57. The van der Waals surface area contributed by atoms with Gasteiger partial charge in [0.25, 0.3) is 0 Å². The number of aromatic nitrogens is 1. The fraction of sp³-hybridized carbons (Fsp3) is 0.500. The summed E-state index contributed by atoms with van der Waals surface area (Å²) < 4.78 is 6.94. The van der Waals surface area contributed by atoms with E-state index in [2.05, 4.69) is 36.2 Å². The molecule has 1 aromatic heterocycles. The summed E-state index contributed by atoms with van der Waals surface area (Å²) in [4.78, 5) is 3.79. The summed E-state index contributed by atoms with van der Waals surface area (Å²) in [6, 6.07) is 7.06. The molecule has 5 heterocycles. The molecule has 3 saturated heterocycles. The van der Waals surface area contributed by atoms with Crippen molar-refractivity contribution >= 4 is 10.9 Å². The highest BCUT2D eigenvalue weighted by atomic mass is 16.5. The van der Waals surface area contributed by atoms with E-state index in [1.807, 2.05) is 0 Å². The summed E-state index contributed by atoms with van der Waals surface area (Å²) in [7, 11) is 1.79. The lowest BCUT2D eigenvalue weighted by Crippen LogP contribution is -2.63. The number of rotatable bonds is 1. The minimum atomic E-state index is 0.665. The summed E-state index contributed by atoms with van der Waals surface area (Å²) in [5, 5.41) is 1.33. The molecule has 0 saturated carbocycles. The Balaban J connectivity index is 1.69. The maximum Gasteiger partial charge on any atom is 0.131 e. The molecule has 3 heteroatoms. The van der Waals surface area contributed by atoms with E-state index in [0.717, 1.165) is 11.7 Å². The van der Waals surface area contributed by atoms with E-state index in [9.17, 15) is 0 Å². The summed E-state index contributed by atoms with van der Waals surface area (Å²) >= 11 is 0. The van der Waals surface area contributed by atoms with Gasteiger partial charge in [-0.1, -0.05) is 12.1 Å². The Morgan fingerprint density at radius 3 is 3.04 bits per heavy atom. The maximum absolute atomic E-state index is 5.65. The third-order valence-corrected chi connectivity index (χ3v) is 6.77. The highest BCUT2D eigenvalue weighted by Gasteiger charge is 2.53. The Labute approximate surface area is 137 Å². The second-order valence-electron chi connectivity index (χ2n) is 7.57. The van der Waals surface area contributed by atoms with Gasteiger partial charge in [0.15, 0.2) is 0 Å². The van der Waals surface area contributed by atoms with Gasteiger partial charge in [-0.2, -0.15) is 0 Å². The molecule has 3 atom stereocenters. The standard InChI is InChI=1S/C20H25N2O/c1-3-13-12-22-9-7-14(13)11-17(22)20-15(8-10-22)19-16(21-20)5-4-6-18(19)23-2/h3-6,14,17,21H,7-12H2,1-2H3/q+1. The van der Waals surface area contributed by atoms with Crippen molar-refractivity contribution in [2.24, 2.45) is 5.92 Å². The summed E-state index contributed by atoms with van der Waals surface area (Å²) in [6.07, 6.45) is 6.27. The Morgan fingerprint density at radius 2 is 2.22 bits per heavy atom. The van der Waals surface area contributed by atoms with Gasteiger partial charge in [-0.05, 0) is 36.1 Å². The summed E-state index contributed by atoms with van der Waals surface area (Å²) in [5.41, 5.74) is 6.00. The number of hydrogen-bond donors (Lipinski definition) is 1. The number of methoxy groups -OCH3 is 1. The number of nitrogens with zero attached hydrogens (tertiary/aromatic N) is 1. The highest BCUT2D eigenvalue weighted by molar-refractivity contribution is 5.91. The van der Waals surface area contributed by atoms with Crippen LogP contribution < -0.4 is 4.74 Å². The molecule has 1 N–H and O–H groups in total. The molecule has 0 amide bonds. The number of ether oxygens (including phenoxy) is 1. The number of aromatic amines is 1. The van der Waals surface area contributed by atoms with Crippen LogP contribution in [0.1, 0.15) is 37.1 Å². The van der Waals surface area contributed by atoms with Crippen molar-refractivity contribution in [2.75, 3.05) is 26.7 Å². The molecule has 4 aliphatic heterocycles. The second kappa shape index (κ2) is 4.64. The third kappa shape index (κ3) is 1.69. The third-order valence-electron chi connectivity index (χ3n) is 6.77. The number of piperidine rings is 3. The van der Waals surface area contributed by atoms with Crippen molar-refractivity contribution < 1.29 is 9.22 Å². The maximum atomic E-state index is 5.65. The van der Waals surface area contributed by atoms with Crippen molar-refractivity contribution in [1.29, 1.82) is 0 Å². The van der Waals surface area contributed by atoms with E-state index in [-0.39, 0.29) is 0 Å². The minimum absolute atomic E-state index is 0.665. The Kier molecular flexibility index (Phi) is 2.76. The van der Waals surface area contributed by atoms with E-state index < -0.39 is 0 Å². The number of nitrogens with one attached hydrogen (secondary N) is 1. The molecular formula is C20H25N2O+. The van der Waals surface area contributed by atoms with Crippen LogP contribution in [0.25, 0.3) is 10.9 Å². The first kappa shape index (κ1) is 13.7. The van der Waals surface area contributed by atoms with Crippen molar-refractivity contribution in [3.63, 3.8) is 0 Å². The zero-order valence-electron chi connectivity index (χ0n) is 14.1. The predicted molar refractivity (Wildman–Crippen MR) is 92.6 cm³/mol. The lowest BCUT2D eigenvalue weighted by Gasteiger charge is -2.57. The quantitative estimate of drug-likeness (QED) is 0.626. The Hall–Kier alpha value is -1.74. The van der Waals surface area contributed by atoms with Crippen molar-refractivity contribution in [2.45, 2.75) is 32.2 Å². The van der Waals surface area contributed by atoms with Crippen molar-refractivity contribution in [3.05, 3.63) is 41.1 Å². The average molecular weight is 309 g/mol. The van der Waals surface area contributed by atoms with Crippen LogP contribution in [0.3, 0.4) is 0 Å². The fourth-order valence-corrected chi connectivity index (χ4v) is 5.61. The molecule has 0 aliphatic carbocycles. The van der Waals surface area contributed by atoms with E-state index in [1.54, 1.807) is 12.7 Å². The van der Waals surface area contributed by atoms with Gasteiger partial charge in [-0.25, -0.2) is 0 Å². The predicted octanol–water partition coefficient (Wildman–Crippen LogP) is 3.96. The van der Waals surface area contributed by atoms with Crippen LogP contribution in [0.5, 0.6) is 5.75 Å². The van der Waals surface area contributed by atoms with Gasteiger partial charge in [0.2, 0.25) is 0 Å². The SMILES string of the molecule is CC=C1C[N+]23CCc4c([nH]c5cccc(OC)c45)C2CC1CC3. The van der Waals surface area contributed by atoms with Crippen LogP contribution in [-0.2, 0) is 6.42 Å². The zero-order valence-corrected chi connectivity index (χ0v) is 14.1. The van der Waals surface area contributed by atoms with Gasteiger partial charge in [-0.15, -0.1) is 0 Å². The molecule has 3 fully saturated rings. The first-order valence-electron chi connectivity index (χ1n) is 8.94. The number of H-pyrrole nitrogens is 1. The minimum Gasteiger partial charge on any atom is -0.496 e. The molecule has 2 aromatic rings. The number of allylic oxidation sites excluding steroid dienone is 1. The molecule has 3 nitrogen and oxygen atoms in total. The highest BCUT2D eigenvalue weighted by Crippen LogP contribution is 2.52. The molecule has 0 radical (unpaired) electrons. The normalized spacial score (nSPS) is 33.7. The van der Waals surface area contributed by atoms with Gasteiger partial charge in [0, 0.05) is 30.2 Å².